The van der Waals surface area contributed by atoms with Crippen molar-refractivity contribution in [2.75, 3.05) is 38.7 Å². The van der Waals surface area contributed by atoms with E-state index >= 15 is 0 Å². The standard InChI is InChI=1S/C21H26N4O4/c1-14-4-5-18(27-3)16(12-14)24-19-13-17(22-15(2)23-19)20(26)25-8-6-21(7-9-25)28-10-11-29-21/h4-5,12-13H,6-11H2,1-3H3,(H,22,23,24). The first kappa shape index (κ1) is 19.6. The third-order valence-electron chi connectivity index (χ3n) is 5.30. The Bertz CT molecular complexity index is 902. The summed E-state index contributed by atoms with van der Waals surface area (Å²) < 4.78 is 16.9. The molecule has 0 bridgehead atoms. The number of nitrogens with one attached hydrogen (secondary N) is 1. The third kappa shape index (κ3) is 4.18. The van der Waals surface area contributed by atoms with Gasteiger partial charge in [0.1, 0.15) is 23.1 Å². The monoisotopic (exact) mass is 398 g/mol. The molecule has 29 heavy (non-hydrogen) atoms. The van der Waals surface area contributed by atoms with Gasteiger partial charge in [-0.3, -0.25) is 4.79 Å². The quantitative estimate of drug-likeness (QED) is 0.847. The molecule has 2 aliphatic rings. The number of anilines is 2. The highest BCUT2D eigenvalue weighted by molar-refractivity contribution is 5.93. The summed E-state index contributed by atoms with van der Waals surface area (Å²) in [5, 5.41) is 3.26. The van der Waals surface area contributed by atoms with Crippen LogP contribution in [0.2, 0.25) is 0 Å². The van der Waals surface area contributed by atoms with Gasteiger partial charge in [0, 0.05) is 32.0 Å². The third-order valence-corrected chi connectivity index (χ3v) is 5.30. The molecule has 8 heteroatoms. The molecular formula is C21H26N4O4. The van der Waals surface area contributed by atoms with Gasteiger partial charge in [-0.25, -0.2) is 9.97 Å². The average molecular weight is 398 g/mol. The predicted molar refractivity (Wildman–Crippen MR) is 108 cm³/mol. The van der Waals surface area contributed by atoms with Gasteiger partial charge >= 0.3 is 0 Å². The summed E-state index contributed by atoms with van der Waals surface area (Å²) in [6, 6.07) is 7.53. The minimum absolute atomic E-state index is 0.109. The molecule has 2 saturated heterocycles. The summed E-state index contributed by atoms with van der Waals surface area (Å²) in [6.45, 7) is 6.19. The molecule has 0 saturated carbocycles. The molecule has 0 atom stereocenters. The average Bonchev–Trinajstić information content (AvgIpc) is 3.16. The number of carbonyl (C=O) groups is 1. The van der Waals surface area contributed by atoms with Crippen molar-refractivity contribution in [1.29, 1.82) is 0 Å². The van der Waals surface area contributed by atoms with Crippen molar-refractivity contribution < 1.29 is 19.0 Å². The Morgan fingerprint density at radius 2 is 1.86 bits per heavy atom. The molecule has 2 aliphatic heterocycles. The molecule has 154 valence electrons. The zero-order chi connectivity index (χ0) is 20.4. The lowest BCUT2D eigenvalue weighted by Crippen LogP contribution is -2.47. The van der Waals surface area contributed by atoms with Gasteiger partial charge in [0.05, 0.1) is 26.0 Å². The smallest absolute Gasteiger partial charge is 0.272 e. The van der Waals surface area contributed by atoms with Crippen LogP contribution >= 0.6 is 0 Å². The Morgan fingerprint density at radius 1 is 1.14 bits per heavy atom. The Hall–Kier alpha value is -2.71. The van der Waals surface area contributed by atoms with Crippen molar-refractivity contribution in [2.45, 2.75) is 32.5 Å². The predicted octanol–water partition coefficient (Wildman–Crippen LogP) is 2.82. The highest BCUT2D eigenvalue weighted by atomic mass is 16.7. The molecular weight excluding hydrogens is 372 g/mol. The van der Waals surface area contributed by atoms with E-state index in [4.69, 9.17) is 14.2 Å². The number of hydrogen-bond donors (Lipinski definition) is 1. The van der Waals surface area contributed by atoms with E-state index in [1.54, 1.807) is 25.0 Å². The highest BCUT2D eigenvalue weighted by Crippen LogP contribution is 2.32. The number of methoxy groups -OCH3 is 1. The first-order valence-electron chi connectivity index (χ1n) is 9.83. The molecule has 2 aromatic rings. The summed E-state index contributed by atoms with van der Waals surface area (Å²) in [5.74, 6) is 1.18. The van der Waals surface area contributed by atoms with Gasteiger partial charge in [0.15, 0.2) is 5.79 Å². The van der Waals surface area contributed by atoms with E-state index in [0.29, 0.717) is 62.2 Å². The van der Waals surface area contributed by atoms with Crippen molar-refractivity contribution in [3.05, 3.63) is 41.3 Å². The highest BCUT2D eigenvalue weighted by Gasteiger charge is 2.41. The van der Waals surface area contributed by atoms with E-state index in [1.807, 2.05) is 25.1 Å². The molecule has 0 aliphatic carbocycles. The van der Waals surface area contributed by atoms with Crippen molar-refractivity contribution in [3.8, 4) is 5.75 Å². The van der Waals surface area contributed by atoms with E-state index in [9.17, 15) is 4.79 Å². The number of benzene rings is 1. The zero-order valence-electron chi connectivity index (χ0n) is 17.0. The number of nitrogens with zero attached hydrogens (tertiary/aromatic N) is 3. The number of rotatable bonds is 4. The normalized spacial score (nSPS) is 18.1. The molecule has 2 fully saturated rings. The van der Waals surface area contributed by atoms with E-state index in [-0.39, 0.29) is 5.91 Å². The molecule has 8 nitrogen and oxygen atoms in total. The van der Waals surface area contributed by atoms with E-state index in [0.717, 1.165) is 11.3 Å². The molecule has 1 aromatic heterocycles. The summed E-state index contributed by atoms with van der Waals surface area (Å²) in [6.07, 6.45) is 1.35. The molecule has 1 amide bonds. The van der Waals surface area contributed by atoms with Crippen molar-refractivity contribution in [1.82, 2.24) is 14.9 Å². The van der Waals surface area contributed by atoms with E-state index < -0.39 is 5.79 Å². The number of aromatic nitrogens is 2. The van der Waals surface area contributed by atoms with Crippen LogP contribution in [0.5, 0.6) is 5.75 Å². The summed E-state index contributed by atoms with van der Waals surface area (Å²) in [7, 11) is 1.62. The zero-order valence-corrected chi connectivity index (χ0v) is 17.0. The van der Waals surface area contributed by atoms with Crippen molar-refractivity contribution in [3.63, 3.8) is 0 Å². The minimum atomic E-state index is -0.507. The first-order valence-corrected chi connectivity index (χ1v) is 9.83. The summed E-state index contributed by atoms with van der Waals surface area (Å²) in [5.41, 5.74) is 2.25. The van der Waals surface area contributed by atoms with Gasteiger partial charge in [0.25, 0.3) is 5.91 Å². The molecule has 0 radical (unpaired) electrons. The van der Waals surface area contributed by atoms with Crippen LogP contribution in [0, 0.1) is 13.8 Å². The number of likely N-dealkylation sites (tertiary alicyclic amines) is 1. The van der Waals surface area contributed by atoms with Crippen molar-refractivity contribution >= 4 is 17.4 Å². The van der Waals surface area contributed by atoms with Crippen LogP contribution in [0.4, 0.5) is 11.5 Å². The van der Waals surface area contributed by atoms with E-state index in [2.05, 4.69) is 15.3 Å². The largest absolute Gasteiger partial charge is 0.495 e. The SMILES string of the molecule is COc1ccc(C)cc1Nc1cc(C(=O)N2CCC3(CC2)OCCO3)nc(C)n1. The fourth-order valence-electron chi connectivity index (χ4n) is 3.80. The van der Waals surface area contributed by atoms with Crippen LogP contribution < -0.4 is 10.1 Å². The van der Waals surface area contributed by atoms with Gasteiger partial charge in [-0.15, -0.1) is 0 Å². The van der Waals surface area contributed by atoms with Crippen LogP contribution in [0.1, 0.15) is 34.7 Å². The Kier molecular flexibility index (Phi) is 5.38. The molecule has 4 rings (SSSR count). The van der Waals surface area contributed by atoms with Crippen molar-refractivity contribution in [2.24, 2.45) is 0 Å². The van der Waals surface area contributed by atoms with Crippen LogP contribution in [-0.2, 0) is 9.47 Å². The van der Waals surface area contributed by atoms with Gasteiger partial charge in [0.2, 0.25) is 0 Å². The fourth-order valence-corrected chi connectivity index (χ4v) is 3.80. The number of amides is 1. The molecule has 1 aromatic carbocycles. The number of ether oxygens (including phenoxy) is 3. The van der Waals surface area contributed by atoms with Crippen LogP contribution in [0.3, 0.4) is 0 Å². The van der Waals surface area contributed by atoms with Gasteiger partial charge in [-0.2, -0.15) is 0 Å². The first-order chi connectivity index (χ1) is 14.0. The topological polar surface area (TPSA) is 85.8 Å². The maximum Gasteiger partial charge on any atom is 0.272 e. The van der Waals surface area contributed by atoms with Gasteiger partial charge in [-0.1, -0.05) is 6.07 Å². The Labute approximate surface area is 170 Å². The van der Waals surface area contributed by atoms with Crippen LogP contribution in [0.25, 0.3) is 0 Å². The minimum Gasteiger partial charge on any atom is -0.495 e. The van der Waals surface area contributed by atoms with Crippen LogP contribution in [-0.4, -0.2) is 60.0 Å². The molecule has 1 N–H and O–H groups in total. The second-order valence-electron chi connectivity index (χ2n) is 7.41. The Balaban J connectivity index is 1.51. The summed E-state index contributed by atoms with van der Waals surface area (Å²) >= 11 is 0. The number of hydrogen-bond acceptors (Lipinski definition) is 7. The second kappa shape index (κ2) is 7.96. The van der Waals surface area contributed by atoms with E-state index in [1.165, 1.54) is 0 Å². The van der Waals surface area contributed by atoms with Gasteiger partial charge < -0.3 is 24.4 Å². The maximum absolute atomic E-state index is 13.0. The fraction of sp³-hybridized carbons (Fsp3) is 0.476. The lowest BCUT2D eigenvalue weighted by Gasteiger charge is -2.37. The lowest BCUT2D eigenvalue weighted by atomic mass is 10.0. The lowest BCUT2D eigenvalue weighted by molar-refractivity contribution is -0.181. The number of carbonyl (C=O) groups excluding carboxylic acids is 1. The van der Waals surface area contributed by atoms with Crippen LogP contribution in [0.15, 0.2) is 24.3 Å². The van der Waals surface area contributed by atoms with Gasteiger partial charge in [-0.05, 0) is 31.5 Å². The Morgan fingerprint density at radius 3 is 2.55 bits per heavy atom. The molecule has 1 spiro atoms. The maximum atomic E-state index is 13.0. The summed E-state index contributed by atoms with van der Waals surface area (Å²) in [4.78, 5) is 23.6. The number of aryl methyl sites for hydroxylation is 2. The second-order valence-corrected chi connectivity index (χ2v) is 7.41. The molecule has 0 unspecified atom stereocenters. The molecule has 3 heterocycles. The number of piperidine rings is 1.